The van der Waals surface area contributed by atoms with Gasteiger partial charge in [-0.3, -0.25) is 4.79 Å². The average Bonchev–Trinajstić information content (AvgIpc) is 2.60. The van der Waals surface area contributed by atoms with Crippen molar-refractivity contribution < 1.29 is 14.3 Å². The van der Waals surface area contributed by atoms with Crippen LogP contribution in [-0.2, 0) is 9.53 Å². The first-order valence-electron chi connectivity index (χ1n) is 8.01. The van der Waals surface area contributed by atoms with Crippen LogP contribution in [0.2, 0.25) is 0 Å². The fourth-order valence-electron chi connectivity index (χ4n) is 3.06. The normalized spacial score (nSPS) is 20.0. The summed E-state index contributed by atoms with van der Waals surface area (Å²) in [5.41, 5.74) is 1.23. The van der Waals surface area contributed by atoms with Gasteiger partial charge in [0.1, 0.15) is 12.5 Å². The van der Waals surface area contributed by atoms with E-state index in [1.54, 1.807) is 11.8 Å². The molecule has 25 heavy (non-hydrogen) atoms. The van der Waals surface area contributed by atoms with Crippen LogP contribution >= 0.6 is 11.8 Å². The lowest BCUT2D eigenvalue weighted by atomic mass is 9.86. The molecule has 2 amide bonds. The van der Waals surface area contributed by atoms with Crippen molar-refractivity contribution in [3.63, 3.8) is 0 Å². The third kappa shape index (κ3) is 3.64. The minimum atomic E-state index is -0.676. The van der Waals surface area contributed by atoms with E-state index in [1.807, 2.05) is 48.7 Å². The molecule has 0 saturated carbocycles. The van der Waals surface area contributed by atoms with Crippen LogP contribution in [0.25, 0.3) is 10.8 Å². The smallest absolute Gasteiger partial charge is 0.319 e. The minimum absolute atomic E-state index is 0.333. The molecule has 0 radical (unpaired) electrons. The molecule has 1 fully saturated rings. The molecule has 1 aliphatic heterocycles. The van der Waals surface area contributed by atoms with Crippen LogP contribution in [0.5, 0.6) is 0 Å². The number of amides is 2. The number of urea groups is 1. The number of carbonyl (C=O) groups is 2. The molecular formula is C19H20N2O3S. The fraction of sp³-hybridized carbons (Fsp3) is 0.263. The Labute approximate surface area is 150 Å². The molecule has 1 heterocycles. The predicted molar refractivity (Wildman–Crippen MR) is 100 cm³/mol. The maximum absolute atomic E-state index is 12.6. The van der Waals surface area contributed by atoms with E-state index in [2.05, 4.69) is 17.2 Å². The Hall–Kier alpha value is -2.47. The van der Waals surface area contributed by atoms with Crippen LogP contribution < -0.4 is 10.6 Å². The van der Waals surface area contributed by atoms with Gasteiger partial charge in [0.05, 0.1) is 6.04 Å². The lowest BCUT2D eigenvalue weighted by Gasteiger charge is -2.33. The molecule has 0 unspecified atom stereocenters. The van der Waals surface area contributed by atoms with Crippen molar-refractivity contribution in [2.75, 3.05) is 18.6 Å². The maximum atomic E-state index is 12.6. The highest BCUT2D eigenvalue weighted by Gasteiger charge is 2.39. The van der Waals surface area contributed by atoms with Crippen LogP contribution in [0.15, 0.2) is 54.7 Å². The summed E-state index contributed by atoms with van der Waals surface area (Å²) in [6, 6.07) is 12.8. The molecule has 2 aromatic rings. The first-order valence-corrected chi connectivity index (χ1v) is 9.40. The second-order valence-electron chi connectivity index (χ2n) is 5.81. The van der Waals surface area contributed by atoms with Crippen molar-refractivity contribution in [1.82, 2.24) is 10.6 Å². The van der Waals surface area contributed by atoms with E-state index in [0.717, 1.165) is 22.1 Å². The topological polar surface area (TPSA) is 67.4 Å². The van der Waals surface area contributed by atoms with Gasteiger partial charge >= 0.3 is 12.0 Å². The number of esters is 1. The predicted octanol–water partition coefficient (Wildman–Crippen LogP) is 3.23. The summed E-state index contributed by atoms with van der Waals surface area (Å²) in [6.07, 6.45) is 1.95. The fourth-order valence-corrected chi connectivity index (χ4v) is 3.31. The number of nitrogens with one attached hydrogen (secondary N) is 2. The molecule has 2 N–H and O–H groups in total. The van der Waals surface area contributed by atoms with Crippen molar-refractivity contribution in [2.45, 2.75) is 6.04 Å². The lowest BCUT2D eigenvalue weighted by molar-refractivity contribution is -0.147. The molecule has 3 rings (SSSR count). The zero-order valence-corrected chi connectivity index (χ0v) is 14.8. The van der Waals surface area contributed by atoms with E-state index >= 15 is 0 Å². The third-order valence-corrected chi connectivity index (χ3v) is 4.79. The molecule has 5 nitrogen and oxygen atoms in total. The van der Waals surface area contributed by atoms with Gasteiger partial charge in [0.2, 0.25) is 0 Å². The number of hydrogen-bond acceptors (Lipinski definition) is 4. The van der Waals surface area contributed by atoms with Gasteiger partial charge in [0.15, 0.2) is 0 Å². The van der Waals surface area contributed by atoms with Crippen molar-refractivity contribution in [1.29, 1.82) is 0 Å². The van der Waals surface area contributed by atoms with Crippen LogP contribution in [0.4, 0.5) is 4.79 Å². The largest absolute Gasteiger partial charge is 0.464 e. The monoisotopic (exact) mass is 356 g/mol. The number of benzene rings is 2. The summed E-state index contributed by atoms with van der Waals surface area (Å²) in [6.45, 7) is 4.21. The van der Waals surface area contributed by atoms with Gasteiger partial charge in [-0.25, -0.2) is 4.79 Å². The van der Waals surface area contributed by atoms with Crippen LogP contribution in [-0.4, -0.2) is 30.6 Å². The first kappa shape index (κ1) is 17.4. The van der Waals surface area contributed by atoms with Crippen molar-refractivity contribution in [3.05, 3.63) is 60.3 Å². The SMILES string of the molecule is C=C1NC(=O)N[C@@H](c2cccc3ccccc23)[C@@H]1C(=O)OCCSC. The Kier molecular flexibility index (Phi) is 5.28. The Morgan fingerprint density at radius 3 is 2.80 bits per heavy atom. The summed E-state index contributed by atoms with van der Waals surface area (Å²) >= 11 is 1.61. The lowest BCUT2D eigenvalue weighted by Crippen LogP contribution is -2.51. The molecule has 2 atom stereocenters. The van der Waals surface area contributed by atoms with E-state index in [9.17, 15) is 9.59 Å². The molecule has 2 aromatic carbocycles. The second kappa shape index (κ2) is 7.61. The van der Waals surface area contributed by atoms with E-state index in [4.69, 9.17) is 4.74 Å². The number of fused-ring (bicyclic) bond motifs is 1. The number of thioether (sulfide) groups is 1. The van der Waals surface area contributed by atoms with Crippen molar-refractivity contribution >= 4 is 34.5 Å². The average molecular weight is 356 g/mol. The second-order valence-corrected chi connectivity index (χ2v) is 6.79. The molecule has 1 saturated heterocycles. The molecule has 0 aromatic heterocycles. The molecule has 0 spiro atoms. The van der Waals surface area contributed by atoms with E-state index in [0.29, 0.717) is 12.3 Å². The quantitative estimate of drug-likeness (QED) is 0.638. The summed E-state index contributed by atoms with van der Waals surface area (Å²) in [4.78, 5) is 24.6. The van der Waals surface area contributed by atoms with Gasteiger partial charge in [0, 0.05) is 11.4 Å². The van der Waals surface area contributed by atoms with Gasteiger partial charge in [0.25, 0.3) is 0 Å². The first-order chi connectivity index (χ1) is 12.1. The van der Waals surface area contributed by atoms with Crippen molar-refractivity contribution in [3.8, 4) is 0 Å². The zero-order valence-electron chi connectivity index (χ0n) is 14.0. The molecule has 1 aliphatic rings. The maximum Gasteiger partial charge on any atom is 0.319 e. The Balaban J connectivity index is 1.98. The van der Waals surface area contributed by atoms with Gasteiger partial charge < -0.3 is 15.4 Å². The highest BCUT2D eigenvalue weighted by atomic mass is 32.2. The van der Waals surface area contributed by atoms with Gasteiger partial charge in [-0.05, 0) is 22.6 Å². The molecule has 130 valence electrons. The number of hydrogen-bond donors (Lipinski definition) is 2. The minimum Gasteiger partial charge on any atom is -0.464 e. The number of ether oxygens (including phenoxy) is 1. The van der Waals surface area contributed by atoms with Gasteiger partial charge in [-0.1, -0.05) is 49.0 Å². The van der Waals surface area contributed by atoms with E-state index < -0.39 is 12.0 Å². The summed E-state index contributed by atoms with van der Waals surface area (Å²) in [5, 5.41) is 7.50. The zero-order chi connectivity index (χ0) is 17.8. The Bertz CT molecular complexity index is 816. The third-order valence-electron chi connectivity index (χ3n) is 4.21. The van der Waals surface area contributed by atoms with Gasteiger partial charge in [-0.2, -0.15) is 11.8 Å². The Morgan fingerprint density at radius 2 is 2.00 bits per heavy atom. The summed E-state index contributed by atoms with van der Waals surface area (Å²) in [5.74, 6) is -0.334. The van der Waals surface area contributed by atoms with Crippen LogP contribution in [0.3, 0.4) is 0 Å². The Morgan fingerprint density at radius 1 is 1.24 bits per heavy atom. The molecule has 0 bridgehead atoms. The standard InChI is InChI=1S/C19H20N2O3S/c1-12-16(18(22)24-10-11-25-2)17(21-19(23)20-12)15-9-5-7-13-6-3-4-8-14(13)15/h3-9,16-17H,1,10-11H2,2H3,(H2,20,21,23)/t16-,17+/m1/s1. The van der Waals surface area contributed by atoms with Crippen molar-refractivity contribution in [2.24, 2.45) is 5.92 Å². The molecular weight excluding hydrogens is 336 g/mol. The van der Waals surface area contributed by atoms with Crippen LogP contribution in [0.1, 0.15) is 11.6 Å². The number of rotatable bonds is 5. The van der Waals surface area contributed by atoms with E-state index in [1.165, 1.54) is 0 Å². The van der Waals surface area contributed by atoms with E-state index in [-0.39, 0.29) is 12.0 Å². The summed E-state index contributed by atoms with van der Waals surface area (Å²) < 4.78 is 5.38. The molecule has 6 heteroatoms. The van der Waals surface area contributed by atoms with Crippen LogP contribution in [0, 0.1) is 5.92 Å². The van der Waals surface area contributed by atoms with Gasteiger partial charge in [-0.15, -0.1) is 0 Å². The summed E-state index contributed by atoms with van der Waals surface area (Å²) in [7, 11) is 0. The molecule has 0 aliphatic carbocycles. The highest BCUT2D eigenvalue weighted by Crippen LogP contribution is 2.34. The number of carbonyl (C=O) groups excluding carboxylic acids is 2. The highest BCUT2D eigenvalue weighted by molar-refractivity contribution is 7.98.